The van der Waals surface area contributed by atoms with Gasteiger partial charge in [-0.1, -0.05) is 24.3 Å². The Morgan fingerprint density at radius 1 is 0.821 bits per heavy atom. The van der Waals surface area contributed by atoms with Gasteiger partial charge in [-0.2, -0.15) is 0 Å². The molecule has 138 valence electrons. The second-order valence-corrected chi connectivity index (χ2v) is 6.14. The highest BCUT2D eigenvalue weighted by Gasteiger charge is 2.30. The van der Waals surface area contributed by atoms with E-state index in [1.54, 1.807) is 53.6 Å². The molecular formula is C21H15N3O4. The summed E-state index contributed by atoms with van der Waals surface area (Å²) in [5.74, 6) is -0.496. The van der Waals surface area contributed by atoms with Gasteiger partial charge in [0.05, 0.1) is 22.4 Å². The summed E-state index contributed by atoms with van der Waals surface area (Å²) in [7, 11) is 0. The Morgan fingerprint density at radius 2 is 1.39 bits per heavy atom. The minimum Gasteiger partial charge on any atom is -0.478 e. The van der Waals surface area contributed by atoms with Crippen molar-refractivity contribution < 1.29 is 19.5 Å². The predicted octanol–water partition coefficient (Wildman–Crippen LogP) is 2.11. The van der Waals surface area contributed by atoms with E-state index in [-0.39, 0.29) is 17.1 Å². The van der Waals surface area contributed by atoms with E-state index in [9.17, 15) is 14.4 Å². The van der Waals surface area contributed by atoms with Crippen molar-refractivity contribution in [1.82, 2.24) is 10.7 Å². The number of nitrogens with one attached hydrogen (secondary N) is 2. The van der Waals surface area contributed by atoms with Crippen molar-refractivity contribution in [3.8, 4) is 0 Å². The Balaban J connectivity index is 1.81. The number of carboxylic acid groups (broad SMARTS) is 1. The van der Waals surface area contributed by atoms with E-state index >= 15 is 0 Å². The van der Waals surface area contributed by atoms with Crippen molar-refractivity contribution >= 4 is 23.2 Å². The number of nitrogens with zero attached hydrogens (tertiary/aromatic N) is 1. The molecule has 1 heterocycles. The van der Waals surface area contributed by atoms with Crippen molar-refractivity contribution in [2.24, 2.45) is 0 Å². The first kappa shape index (κ1) is 17.3. The number of rotatable bonds is 2. The van der Waals surface area contributed by atoms with Crippen LogP contribution in [0.4, 0.5) is 5.69 Å². The molecule has 4 rings (SSSR count). The number of hydrazine groups is 1. The zero-order valence-corrected chi connectivity index (χ0v) is 14.5. The molecule has 3 N–H and O–H groups in total. The fourth-order valence-electron chi connectivity index (χ4n) is 2.97. The first-order chi connectivity index (χ1) is 13.5. The Morgan fingerprint density at radius 3 is 1.96 bits per heavy atom. The summed E-state index contributed by atoms with van der Waals surface area (Å²) < 4.78 is 0. The van der Waals surface area contributed by atoms with Crippen molar-refractivity contribution in [1.29, 1.82) is 0 Å². The van der Waals surface area contributed by atoms with Gasteiger partial charge >= 0.3 is 5.97 Å². The van der Waals surface area contributed by atoms with Gasteiger partial charge in [-0.15, -0.1) is 0 Å². The van der Waals surface area contributed by atoms with Crippen LogP contribution in [0.1, 0.15) is 10.4 Å². The molecule has 28 heavy (non-hydrogen) atoms. The molecule has 1 aliphatic heterocycles. The zero-order chi connectivity index (χ0) is 19.7. The molecule has 0 saturated carbocycles. The predicted molar refractivity (Wildman–Crippen MR) is 103 cm³/mol. The van der Waals surface area contributed by atoms with Crippen LogP contribution in [-0.4, -0.2) is 22.6 Å². The smallest absolute Gasteiger partial charge is 0.335 e. The number of aromatic carboxylic acids is 1. The molecule has 0 aromatic heterocycles. The number of ketones is 2. The van der Waals surface area contributed by atoms with Crippen molar-refractivity contribution in [3.63, 3.8) is 0 Å². The minimum absolute atomic E-state index is 0.149. The lowest BCUT2D eigenvalue weighted by atomic mass is 10.1. The fraction of sp³-hybridized carbons (Fsp3) is 0. The number of carbonyl (C=O) groups is 3. The van der Waals surface area contributed by atoms with Gasteiger partial charge in [0.15, 0.2) is 11.6 Å². The van der Waals surface area contributed by atoms with Gasteiger partial charge in [-0.3, -0.25) is 15.0 Å². The third-order valence-electron chi connectivity index (χ3n) is 4.36. The van der Waals surface area contributed by atoms with E-state index in [4.69, 9.17) is 5.11 Å². The summed E-state index contributed by atoms with van der Waals surface area (Å²) in [6, 6.07) is 6.19. The van der Waals surface area contributed by atoms with Gasteiger partial charge < -0.3 is 10.4 Å². The van der Waals surface area contributed by atoms with E-state index in [0.717, 1.165) is 0 Å². The van der Waals surface area contributed by atoms with Crippen LogP contribution in [0.2, 0.25) is 0 Å². The van der Waals surface area contributed by atoms with Crippen LogP contribution in [0.5, 0.6) is 0 Å². The Bertz CT molecular complexity index is 1070. The SMILES string of the molecule is O=C1C=CC=C/C1=C1\N/C(=C2/C=CC=CC2=O)N(c2ccc(C(=O)O)cc2)N1. The highest BCUT2D eigenvalue weighted by atomic mass is 16.4. The van der Waals surface area contributed by atoms with Crippen LogP contribution in [0.25, 0.3) is 0 Å². The molecule has 0 amide bonds. The average Bonchev–Trinajstić information content (AvgIpc) is 3.13. The molecule has 0 atom stereocenters. The number of carbonyl (C=O) groups excluding carboxylic acids is 2. The van der Waals surface area contributed by atoms with E-state index in [0.29, 0.717) is 28.5 Å². The third-order valence-corrected chi connectivity index (χ3v) is 4.36. The van der Waals surface area contributed by atoms with Crippen LogP contribution in [-0.2, 0) is 9.59 Å². The van der Waals surface area contributed by atoms with E-state index in [1.807, 2.05) is 0 Å². The maximum atomic E-state index is 12.4. The quantitative estimate of drug-likeness (QED) is 0.683. The molecule has 0 bridgehead atoms. The molecule has 0 unspecified atom stereocenters. The summed E-state index contributed by atoms with van der Waals surface area (Å²) in [6.07, 6.45) is 13.1. The molecule has 1 saturated heterocycles. The summed E-state index contributed by atoms with van der Waals surface area (Å²) >= 11 is 0. The van der Waals surface area contributed by atoms with E-state index in [2.05, 4.69) is 10.7 Å². The maximum absolute atomic E-state index is 12.4. The number of hydrogen-bond donors (Lipinski definition) is 3. The van der Waals surface area contributed by atoms with Crippen LogP contribution < -0.4 is 15.8 Å². The van der Waals surface area contributed by atoms with Gasteiger partial charge in [-0.05, 0) is 48.6 Å². The first-order valence-corrected chi connectivity index (χ1v) is 8.48. The molecule has 7 nitrogen and oxygen atoms in total. The van der Waals surface area contributed by atoms with E-state index in [1.165, 1.54) is 24.3 Å². The molecule has 1 aromatic carbocycles. The molecule has 0 spiro atoms. The largest absolute Gasteiger partial charge is 0.478 e. The summed E-state index contributed by atoms with van der Waals surface area (Å²) in [4.78, 5) is 35.7. The lowest BCUT2D eigenvalue weighted by molar-refractivity contribution is -0.111. The van der Waals surface area contributed by atoms with Crippen molar-refractivity contribution in [3.05, 3.63) is 101 Å². The average molecular weight is 373 g/mol. The standard InChI is InChI=1S/C21H15N3O4/c25-17-7-3-1-5-15(17)19-22-20(16-6-2-4-8-18(16)26)24(23-19)14-11-9-13(10-12-14)21(27)28/h1-12,22-23H,(H,27,28)/b19-15-,20-16+. The molecule has 1 aromatic rings. The molecular weight excluding hydrogens is 358 g/mol. The molecule has 7 heteroatoms. The van der Waals surface area contributed by atoms with Crippen LogP contribution in [0.3, 0.4) is 0 Å². The number of carboxylic acids is 1. The Labute approximate surface area is 160 Å². The first-order valence-electron chi connectivity index (χ1n) is 8.48. The Hall–Kier alpha value is -4.13. The van der Waals surface area contributed by atoms with Crippen LogP contribution in [0, 0.1) is 0 Å². The number of benzene rings is 1. The van der Waals surface area contributed by atoms with Gasteiger partial charge in [0, 0.05) is 0 Å². The van der Waals surface area contributed by atoms with Gasteiger partial charge in [0.2, 0.25) is 0 Å². The molecule has 0 radical (unpaired) electrons. The number of hydrogen-bond acceptors (Lipinski definition) is 6. The number of anilines is 1. The normalized spacial score (nSPS) is 23.2. The minimum atomic E-state index is -1.03. The zero-order valence-electron chi connectivity index (χ0n) is 14.5. The third kappa shape index (κ3) is 3.05. The van der Waals surface area contributed by atoms with Gasteiger partial charge in [0.1, 0.15) is 11.6 Å². The Kier molecular flexibility index (Phi) is 4.25. The highest BCUT2D eigenvalue weighted by Crippen LogP contribution is 2.27. The second-order valence-electron chi connectivity index (χ2n) is 6.14. The van der Waals surface area contributed by atoms with Gasteiger partial charge in [0.25, 0.3) is 0 Å². The van der Waals surface area contributed by atoms with Crippen molar-refractivity contribution in [2.45, 2.75) is 0 Å². The lowest BCUT2D eigenvalue weighted by Crippen LogP contribution is -2.31. The summed E-state index contributed by atoms with van der Waals surface area (Å²) in [6.45, 7) is 0. The molecule has 2 aliphatic carbocycles. The van der Waals surface area contributed by atoms with Crippen LogP contribution in [0.15, 0.2) is 95.7 Å². The second kappa shape index (κ2) is 6.88. The molecule has 1 fully saturated rings. The lowest BCUT2D eigenvalue weighted by Gasteiger charge is -2.20. The topological polar surface area (TPSA) is 98.7 Å². The fourth-order valence-corrected chi connectivity index (χ4v) is 2.97. The van der Waals surface area contributed by atoms with Gasteiger partial charge in [-0.25, -0.2) is 9.80 Å². The summed E-state index contributed by atoms with van der Waals surface area (Å²) in [5, 5.41) is 13.8. The van der Waals surface area contributed by atoms with Crippen LogP contribution >= 0.6 is 0 Å². The van der Waals surface area contributed by atoms with E-state index < -0.39 is 5.97 Å². The summed E-state index contributed by atoms with van der Waals surface area (Å²) in [5.41, 5.74) is 4.70. The maximum Gasteiger partial charge on any atom is 0.335 e. The van der Waals surface area contributed by atoms with Crippen molar-refractivity contribution in [2.75, 3.05) is 5.01 Å². The highest BCUT2D eigenvalue weighted by molar-refractivity contribution is 6.09. The number of allylic oxidation sites excluding steroid dienone is 10. The molecule has 3 aliphatic rings. The monoisotopic (exact) mass is 373 g/mol.